The summed E-state index contributed by atoms with van der Waals surface area (Å²) in [5, 5.41) is 0. The SMILES string of the molecule is CCCCCCCCCCCCCCC(CCCCCCCCCCCCCC)c1cc[n+](C)cc1.[Cl-]. The van der Waals surface area contributed by atoms with E-state index < -0.39 is 0 Å². The Hall–Kier alpha value is -0.560. The zero-order chi connectivity index (χ0) is 25.9. The maximum atomic E-state index is 2.38. The normalized spacial score (nSPS) is 11.2. The van der Waals surface area contributed by atoms with Crippen LogP contribution in [0.4, 0.5) is 0 Å². The van der Waals surface area contributed by atoms with Crippen LogP contribution in [0.5, 0.6) is 0 Å². The summed E-state index contributed by atoms with van der Waals surface area (Å²) in [6, 6.07) is 4.76. The van der Waals surface area contributed by atoms with Crippen LogP contribution in [-0.4, -0.2) is 0 Å². The fourth-order valence-corrected chi connectivity index (χ4v) is 5.73. The van der Waals surface area contributed by atoms with Gasteiger partial charge in [0.2, 0.25) is 0 Å². The number of aryl methyl sites for hydroxylation is 1. The van der Waals surface area contributed by atoms with E-state index >= 15 is 0 Å². The number of pyridine rings is 1. The van der Waals surface area contributed by atoms with E-state index in [1.165, 1.54) is 167 Å². The van der Waals surface area contributed by atoms with Gasteiger partial charge in [-0.1, -0.05) is 168 Å². The van der Waals surface area contributed by atoms with Crippen molar-refractivity contribution >= 4 is 0 Å². The highest BCUT2D eigenvalue weighted by atomic mass is 35.5. The van der Waals surface area contributed by atoms with E-state index in [-0.39, 0.29) is 12.4 Å². The topological polar surface area (TPSA) is 3.88 Å². The first kappa shape index (κ1) is 36.4. The zero-order valence-corrected chi connectivity index (χ0v) is 26.4. The van der Waals surface area contributed by atoms with Gasteiger partial charge in [-0.25, -0.2) is 4.57 Å². The first-order chi connectivity index (χ1) is 17.8. The second-order valence-corrected chi connectivity index (χ2v) is 11.8. The minimum atomic E-state index is 0. The third-order valence-corrected chi connectivity index (χ3v) is 8.29. The molecule has 0 saturated carbocycles. The Labute approximate surface area is 240 Å². The van der Waals surface area contributed by atoms with Gasteiger partial charge in [0, 0.05) is 12.1 Å². The van der Waals surface area contributed by atoms with Gasteiger partial charge in [0.05, 0.1) is 0 Å². The summed E-state index contributed by atoms with van der Waals surface area (Å²) in [6.07, 6.45) is 42.0. The Morgan fingerprint density at radius 3 is 1.03 bits per heavy atom. The van der Waals surface area contributed by atoms with Gasteiger partial charge in [-0.05, 0) is 24.3 Å². The van der Waals surface area contributed by atoms with E-state index in [1.54, 1.807) is 5.56 Å². The van der Waals surface area contributed by atoms with Crippen LogP contribution in [0, 0.1) is 0 Å². The van der Waals surface area contributed by atoms with Crippen LogP contribution in [0.3, 0.4) is 0 Å². The molecule has 0 amide bonds. The van der Waals surface area contributed by atoms with E-state index in [9.17, 15) is 0 Å². The molecule has 1 rings (SSSR count). The molecule has 0 fully saturated rings. The van der Waals surface area contributed by atoms with Gasteiger partial charge >= 0.3 is 0 Å². The summed E-state index contributed by atoms with van der Waals surface area (Å²) < 4.78 is 2.17. The van der Waals surface area contributed by atoms with Crippen molar-refractivity contribution in [2.24, 2.45) is 7.05 Å². The molecule has 0 saturated heterocycles. The van der Waals surface area contributed by atoms with Crippen molar-refractivity contribution in [2.75, 3.05) is 0 Å². The molecule has 1 aromatic heterocycles. The van der Waals surface area contributed by atoms with Crippen molar-refractivity contribution in [3.05, 3.63) is 30.1 Å². The summed E-state index contributed by atoms with van der Waals surface area (Å²) >= 11 is 0. The van der Waals surface area contributed by atoms with Crippen molar-refractivity contribution < 1.29 is 17.0 Å². The summed E-state index contributed by atoms with van der Waals surface area (Å²) in [5.41, 5.74) is 1.58. The highest BCUT2D eigenvalue weighted by Crippen LogP contribution is 2.28. The number of hydrogen-bond acceptors (Lipinski definition) is 0. The van der Waals surface area contributed by atoms with E-state index in [1.807, 2.05) is 0 Å². The predicted octanol–water partition coefficient (Wildman–Crippen LogP) is 8.78. The van der Waals surface area contributed by atoms with Crippen LogP contribution in [0.15, 0.2) is 24.5 Å². The monoisotopic (exact) mass is 535 g/mol. The van der Waals surface area contributed by atoms with Crippen LogP contribution in [0.1, 0.15) is 192 Å². The molecule has 1 nitrogen and oxygen atoms in total. The Balaban J connectivity index is 0.0000130. The second-order valence-electron chi connectivity index (χ2n) is 11.8. The fourth-order valence-electron chi connectivity index (χ4n) is 5.73. The quantitative estimate of drug-likeness (QED) is 0.0782. The molecule has 0 bridgehead atoms. The van der Waals surface area contributed by atoms with E-state index in [4.69, 9.17) is 0 Å². The molecule has 0 atom stereocenters. The van der Waals surface area contributed by atoms with Crippen molar-refractivity contribution in [3.8, 4) is 0 Å². The third-order valence-electron chi connectivity index (χ3n) is 8.29. The Morgan fingerprint density at radius 2 is 0.730 bits per heavy atom. The Morgan fingerprint density at radius 1 is 0.459 bits per heavy atom. The maximum Gasteiger partial charge on any atom is 0.168 e. The highest BCUT2D eigenvalue weighted by Gasteiger charge is 2.12. The van der Waals surface area contributed by atoms with Gasteiger partial charge in [-0.2, -0.15) is 0 Å². The molecule has 37 heavy (non-hydrogen) atoms. The minimum absolute atomic E-state index is 0. The predicted molar refractivity (Wildman–Crippen MR) is 162 cm³/mol. The van der Waals surface area contributed by atoms with E-state index in [0.29, 0.717) is 0 Å². The first-order valence-corrected chi connectivity index (χ1v) is 16.7. The minimum Gasteiger partial charge on any atom is -1.00 e. The van der Waals surface area contributed by atoms with Crippen molar-refractivity contribution in [3.63, 3.8) is 0 Å². The van der Waals surface area contributed by atoms with Crippen LogP contribution in [-0.2, 0) is 7.05 Å². The molecule has 0 radical (unpaired) electrons. The van der Waals surface area contributed by atoms with Gasteiger partial charge in [0.1, 0.15) is 7.05 Å². The number of hydrogen-bond donors (Lipinski definition) is 0. The average molecular weight is 536 g/mol. The number of aromatic nitrogens is 1. The van der Waals surface area contributed by atoms with Gasteiger partial charge in [-0.15, -0.1) is 0 Å². The number of unbranched alkanes of at least 4 members (excludes halogenated alkanes) is 22. The molecule has 1 aromatic rings. The Bertz CT molecular complexity index is 527. The van der Waals surface area contributed by atoms with Gasteiger partial charge in [0.15, 0.2) is 12.4 Å². The zero-order valence-electron chi connectivity index (χ0n) is 25.6. The summed E-state index contributed by atoms with van der Waals surface area (Å²) in [6.45, 7) is 4.61. The van der Waals surface area contributed by atoms with E-state index in [0.717, 1.165) is 5.92 Å². The number of halogens is 1. The molecule has 0 aliphatic rings. The largest absolute Gasteiger partial charge is 1.00 e. The molecular formula is C35H66ClN. The number of nitrogens with zero attached hydrogens (tertiary/aromatic N) is 1. The molecule has 2 heteroatoms. The highest BCUT2D eigenvalue weighted by molar-refractivity contribution is 5.13. The maximum absolute atomic E-state index is 2.38. The molecule has 0 aliphatic heterocycles. The lowest BCUT2D eigenvalue weighted by Gasteiger charge is -2.17. The molecule has 0 N–H and O–H groups in total. The van der Waals surface area contributed by atoms with Crippen molar-refractivity contribution in [1.82, 2.24) is 0 Å². The van der Waals surface area contributed by atoms with Crippen LogP contribution in [0.25, 0.3) is 0 Å². The molecule has 218 valence electrons. The lowest BCUT2D eigenvalue weighted by atomic mass is 9.88. The first-order valence-electron chi connectivity index (χ1n) is 16.7. The molecule has 1 heterocycles. The summed E-state index contributed by atoms with van der Waals surface area (Å²) in [4.78, 5) is 0. The van der Waals surface area contributed by atoms with Gasteiger partial charge in [-0.3, -0.25) is 0 Å². The van der Waals surface area contributed by atoms with Crippen molar-refractivity contribution in [1.29, 1.82) is 0 Å². The molecule has 0 unspecified atom stereocenters. The summed E-state index contributed by atoms with van der Waals surface area (Å²) in [5.74, 6) is 0.775. The van der Waals surface area contributed by atoms with Crippen LogP contribution >= 0.6 is 0 Å². The second kappa shape index (κ2) is 28.4. The fraction of sp³-hybridized carbons (Fsp3) is 0.857. The molecule has 0 aliphatic carbocycles. The third kappa shape index (κ3) is 23.1. The Kier molecular flexibility index (Phi) is 28.0. The number of rotatable bonds is 27. The smallest absolute Gasteiger partial charge is 0.168 e. The molecule has 0 spiro atoms. The van der Waals surface area contributed by atoms with E-state index in [2.05, 4.69) is 50.0 Å². The van der Waals surface area contributed by atoms with Gasteiger partial charge in [0.25, 0.3) is 0 Å². The lowest BCUT2D eigenvalue weighted by molar-refractivity contribution is -0.671. The molecular weight excluding hydrogens is 470 g/mol. The average Bonchev–Trinajstić information content (AvgIpc) is 2.89. The van der Waals surface area contributed by atoms with Crippen LogP contribution in [0.2, 0.25) is 0 Å². The van der Waals surface area contributed by atoms with Crippen molar-refractivity contribution in [2.45, 2.75) is 187 Å². The van der Waals surface area contributed by atoms with Gasteiger partial charge < -0.3 is 12.4 Å². The van der Waals surface area contributed by atoms with Crippen LogP contribution < -0.4 is 17.0 Å². The lowest BCUT2D eigenvalue weighted by Crippen LogP contribution is -3.00. The molecule has 0 aromatic carbocycles. The standard InChI is InChI=1S/C35H66N.ClH/c1-4-6-8-10-12-14-16-18-20-22-24-26-28-34(35-30-32-36(3)33-31-35)29-27-25-23-21-19-17-15-13-11-9-7-5-2;/h30-34H,4-29H2,1-3H3;1H/q+1;/p-1. The summed E-state index contributed by atoms with van der Waals surface area (Å²) in [7, 11) is 2.13.